The van der Waals surface area contributed by atoms with Crippen molar-refractivity contribution in [3.05, 3.63) is 18.2 Å². The Hall–Kier alpha value is -1.60. The third-order valence-corrected chi connectivity index (χ3v) is 5.77. The van der Waals surface area contributed by atoms with Gasteiger partial charge in [0.25, 0.3) is 0 Å². The Morgan fingerprint density at radius 3 is 2.92 bits per heavy atom. The Kier molecular flexibility index (Phi) is 5.73. The van der Waals surface area contributed by atoms with Crippen LogP contribution in [0.1, 0.15) is 19.3 Å². The molecule has 2 aliphatic rings. The first-order valence-electron chi connectivity index (χ1n) is 8.41. The van der Waals surface area contributed by atoms with E-state index in [1.165, 1.54) is 0 Å². The van der Waals surface area contributed by atoms with E-state index in [1.807, 2.05) is 11.9 Å². The number of hydrogen-bond acceptors (Lipinski definition) is 5. The summed E-state index contributed by atoms with van der Waals surface area (Å²) < 4.78 is 23.5. The Morgan fingerprint density at radius 2 is 2.12 bits per heavy atom. The van der Waals surface area contributed by atoms with E-state index >= 15 is 0 Å². The van der Waals surface area contributed by atoms with Crippen LogP contribution in [0.3, 0.4) is 0 Å². The third kappa shape index (κ3) is 3.89. The molecule has 1 saturated heterocycles. The number of fused-ring (bicyclic) bond motifs is 1. The number of amides is 1. The van der Waals surface area contributed by atoms with Gasteiger partial charge in [-0.2, -0.15) is 0 Å². The molecule has 6 nitrogen and oxygen atoms in total. The van der Waals surface area contributed by atoms with E-state index in [9.17, 15) is 9.00 Å². The van der Waals surface area contributed by atoms with Gasteiger partial charge < -0.3 is 19.7 Å². The largest absolute Gasteiger partial charge is 0.486 e. The highest BCUT2D eigenvalue weighted by Crippen LogP contribution is 2.32. The Bertz CT molecular complexity index is 623. The van der Waals surface area contributed by atoms with Crippen molar-refractivity contribution in [1.29, 1.82) is 0 Å². The molecule has 1 aromatic carbocycles. The van der Waals surface area contributed by atoms with Crippen molar-refractivity contribution in [2.75, 3.05) is 39.1 Å². The number of nitrogens with one attached hydrogen (secondary N) is 1. The molecule has 1 N–H and O–H groups in total. The van der Waals surface area contributed by atoms with Crippen LogP contribution in [0.4, 0.5) is 0 Å². The summed E-state index contributed by atoms with van der Waals surface area (Å²) in [5.41, 5.74) is 0. The maximum Gasteiger partial charge on any atom is 0.223 e. The molecule has 3 rings (SSSR count). The molecule has 1 aromatic rings. The Labute approximate surface area is 145 Å². The first-order valence-corrected chi connectivity index (χ1v) is 9.73. The number of likely N-dealkylation sites (N-methyl/N-ethyl adjacent to an activating group) is 1. The van der Waals surface area contributed by atoms with Gasteiger partial charge in [-0.1, -0.05) is 0 Å². The van der Waals surface area contributed by atoms with Gasteiger partial charge in [-0.25, -0.2) is 0 Å². The topological polar surface area (TPSA) is 67.9 Å². The standard InChI is InChI=1S/C17H24N2O4S/c1-18-12-13-3-2-7-19(13)17(20)6-10-24(21)14-4-5-15-16(11-14)23-9-8-22-15/h4-5,11,13,18H,2-3,6-10,12H2,1H3. The second-order valence-corrected chi connectivity index (χ2v) is 7.62. The molecule has 0 aromatic heterocycles. The lowest BCUT2D eigenvalue weighted by Crippen LogP contribution is -2.41. The fourth-order valence-corrected chi connectivity index (χ4v) is 4.27. The molecule has 2 aliphatic heterocycles. The minimum Gasteiger partial charge on any atom is -0.486 e. The highest BCUT2D eigenvalue weighted by atomic mass is 32.2. The van der Waals surface area contributed by atoms with E-state index in [2.05, 4.69) is 5.32 Å². The number of hydrogen-bond donors (Lipinski definition) is 1. The van der Waals surface area contributed by atoms with E-state index in [-0.39, 0.29) is 11.9 Å². The molecule has 0 aliphatic carbocycles. The van der Waals surface area contributed by atoms with Crippen molar-refractivity contribution < 1.29 is 18.5 Å². The zero-order chi connectivity index (χ0) is 16.9. The zero-order valence-corrected chi connectivity index (χ0v) is 14.8. The van der Waals surface area contributed by atoms with E-state index in [1.54, 1.807) is 18.2 Å². The van der Waals surface area contributed by atoms with Gasteiger partial charge in [-0.15, -0.1) is 0 Å². The fraction of sp³-hybridized carbons (Fsp3) is 0.588. The monoisotopic (exact) mass is 352 g/mol. The summed E-state index contributed by atoms with van der Waals surface area (Å²) in [5, 5.41) is 3.13. The quantitative estimate of drug-likeness (QED) is 0.832. The van der Waals surface area contributed by atoms with Crippen LogP contribution in [0.2, 0.25) is 0 Å². The van der Waals surface area contributed by atoms with Crippen molar-refractivity contribution in [2.24, 2.45) is 0 Å². The number of carbonyl (C=O) groups excluding carboxylic acids is 1. The summed E-state index contributed by atoms with van der Waals surface area (Å²) in [5.74, 6) is 1.75. The van der Waals surface area contributed by atoms with Crippen LogP contribution in [-0.4, -0.2) is 60.2 Å². The number of ether oxygens (including phenoxy) is 2. The molecule has 1 fully saturated rings. The summed E-state index contributed by atoms with van der Waals surface area (Å²) in [4.78, 5) is 15.0. The van der Waals surface area contributed by atoms with Gasteiger partial charge in [-0.05, 0) is 32.0 Å². The van der Waals surface area contributed by atoms with Crippen LogP contribution in [-0.2, 0) is 15.6 Å². The maximum absolute atomic E-state index is 12.5. The van der Waals surface area contributed by atoms with Gasteiger partial charge in [0, 0.05) is 42.3 Å². The normalized spacial score (nSPS) is 20.9. The molecular weight excluding hydrogens is 328 g/mol. The predicted octanol–water partition coefficient (Wildman–Crippen LogP) is 1.17. The Morgan fingerprint density at radius 1 is 1.33 bits per heavy atom. The van der Waals surface area contributed by atoms with Crippen LogP contribution >= 0.6 is 0 Å². The summed E-state index contributed by atoms with van der Waals surface area (Å²) in [6.07, 6.45) is 2.39. The van der Waals surface area contributed by atoms with Crippen LogP contribution in [0.15, 0.2) is 23.1 Å². The number of benzene rings is 1. The molecule has 2 unspecified atom stereocenters. The number of nitrogens with zero attached hydrogens (tertiary/aromatic N) is 1. The maximum atomic E-state index is 12.5. The van der Waals surface area contributed by atoms with Crippen LogP contribution in [0.5, 0.6) is 11.5 Å². The molecule has 0 spiro atoms. The first-order chi connectivity index (χ1) is 11.7. The average molecular weight is 352 g/mol. The lowest BCUT2D eigenvalue weighted by atomic mass is 10.2. The van der Waals surface area contributed by atoms with Gasteiger partial charge >= 0.3 is 0 Å². The van der Waals surface area contributed by atoms with Crippen molar-refractivity contribution in [3.8, 4) is 11.5 Å². The molecule has 24 heavy (non-hydrogen) atoms. The van der Waals surface area contributed by atoms with E-state index in [0.717, 1.165) is 25.9 Å². The van der Waals surface area contributed by atoms with Gasteiger partial charge in [0.1, 0.15) is 13.2 Å². The highest BCUT2D eigenvalue weighted by molar-refractivity contribution is 7.85. The highest BCUT2D eigenvalue weighted by Gasteiger charge is 2.28. The lowest BCUT2D eigenvalue weighted by molar-refractivity contribution is -0.131. The molecule has 0 radical (unpaired) electrons. The number of carbonyl (C=O) groups is 1. The van der Waals surface area contributed by atoms with E-state index in [4.69, 9.17) is 9.47 Å². The van der Waals surface area contributed by atoms with Crippen LogP contribution in [0.25, 0.3) is 0 Å². The molecule has 132 valence electrons. The Balaban J connectivity index is 1.56. The van der Waals surface area contributed by atoms with Crippen molar-refractivity contribution in [1.82, 2.24) is 10.2 Å². The fourth-order valence-electron chi connectivity index (χ4n) is 3.22. The van der Waals surface area contributed by atoms with Crippen molar-refractivity contribution in [2.45, 2.75) is 30.2 Å². The third-order valence-electron chi connectivity index (χ3n) is 4.42. The van der Waals surface area contributed by atoms with E-state index < -0.39 is 10.8 Å². The zero-order valence-electron chi connectivity index (χ0n) is 14.0. The van der Waals surface area contributed by atoms with Gasteiger partial charge in [0.2, 0.25) is 5.91 Å². The van der Waals surface area contributed by atoms with Crippen molar-refractivity contribution >= 4 is 16.7 Å². The van der Waals surface area contributed by atoms with E-state index in [0.29, 0.717) is 41.8 Å². The average Bonchev–Trinajstić information content (AvgIpc) is 3.07. The second kappa shape index (κ2) is 7.98. The second-order valence-electron chi connectivity index (χ2n) is 6.05. The minimum atomic E-state index is -1.22. The van der Waals surface area contributed by atoms with Crippen LogP contribution in [0, 0.1) is 0 Å². The molecule has 0 bridgehead atoms. The molecule has 2 heterocycles. The van der Waals surface area contributed by atoms with Crippen molar-refractivity contribution in [3.63, 3.8) is 0 Å². The molecular formula is C17H24N2O4S. The molecule has 2 atom stereocenters. The summed E-state index contributed by atoms with van der Waals surface area (Å²) in [6, 6.07) is 5.60. The number of rotatable bonds is 6. The number of likely N-dealkylation sites (tertiary alicyclic amines) is 1. The molecule has 7 heteroatoms. The first kappa shape index (κ1) is 17.2. The smallest absolute Gasteiger partial charge is 0.223 e. The summed E-state index contributed by atoms with van der Waals surface area (Å²) >= 11 is 0. The summed E-state index contributed by atoms with van der Waals surface area (Å²) in [6.45, 7) is 2.66. The van der Waals surface area contributed by atoms with Gasteiger partial charge in [0.05, 0.1) is 10.8 Å². The lowest BCUT2D eigenvalue weighted by Gasteiger charge is -2.24. The minimum absolute atomic E-state index is 0.0960. The SMILES string of the molecule is CNCC1CCCN1C(=O)CCS(=O)c1ccc2c(c1)OCCO2. The van der Waals surface area contributed by atoms with Crippen LogP contribution < -0.4 is 14.8 Å². The predicted molar refractivity (Wildman–Crippen MR) is 92.0 cm³/mol. The molecule has 1 amide bonds. The summed E-state index contributed by atoms with van der Waals surface area (Å²) in [7, 11) is 0.685. The van der Waals surface area contributed by atoms with Gasteiger partial charge in [-0.3, -0.25) is 9.00 Å². The van der Waals surface area contributed by atoms with Gasteiger partial charge in [0.15, 0.2) is 11.5 Å². The molecule has 0 saturated carbocycles.